The van der Waals surface area contributed by atoms with Gasteiger partial charge in [-0.2, -0.15) is 0 Å². The molecule has 0 fully saturated rings. The summed E-state index contributed by atoms with van der Waals surface area (Å²) in [5.41, 5.74) is 0.452. The van der Waals surface area contributed by atoms with Crippen LogP contribution in [0.25, 0.3) is 0 Å². The molecular formula is C18H34O4Zn. The number of carboxylic acids is 2. The summed E-state index contributed by atoms with van der Waals surface area (Å²) in [4.78, 5) is 20.6. The van der Waals surface area contributed by atoms with Gasteiger partial charge in [0.05, 0.1) is 0 Å². The monoisotopic (exact) mass is 378 g/mol. The van der Waals surface area contributed by atoms with E-state index in [1.54, 1.807) is 13.8 Å². The summed E-state index contributed by atoms with van der Waals surface area (Å²) >= 11 is 0. The molecule has 0 bridgehead atoms. The Balaban J connectivity index is -0.000000333. The Hall–Kier alpha value is -0.437. The Labute approximate surface area is 155 Å². The zero-order chi connectivity index (χ0) is 18.1. The third-order valence-electron chi connectivity index (χ3n) is 3.46. The minimum atomic E-state index is -0.936. The first kappa shape index (κ1) is 27.4. The fraction of sp³-hybridized carbons (Fsp3) is 0.889. The number of carbonyl (C=O) groups is 2. The van der Waals surface area contributed by atoms with Gasteiger partial charge in [-0.15, -0.1) is 0 Å². The number of carbonyl (C=O) groups excluding carboxylic acids is 2. The second-order valence-corrected chi connectivity index (χ2v) is 8.64. The van der Waals surface area contributed by atoms with Crippen LogP contribution in [0.15, 0.2) is 0 Å². The average Bonchev–Trinajstić information content (AvgIpc) is 2.31. The standard InChI is InChI=1S/2C9H18O2.Zn/c2*1-7(8(10)11)5-6-9(2,3)4;/h2*7H,5-6H2,1-4H3,(H,10,11);/q;;+2/p-2. The predicted molar refractivity (Wildman–Crippen MR) is 85.7 cm³/mol. The quantitative estimate of drug-likeness (QED) is 0.663. The smallest absolute Gasteiger partial charge is 0.550 e. The van der Waals surface area contributed by atoms with Crippen LogP contribution < -0.4 is 10.2 Å². The predicted octanol–water partition coefficient (Wildman–Crippen LogP) is 2.39. The number of hydrogen-bond donors (Lipinski definition) is 0. The number of rotatable bonds is 6. The molecule has 0 aromatic rings. The number of aliphatic carboxylic acids is 2. The minimum absolute atomic E-state index is 0. The van der Waals surface area contributed by atoms with Crippen LogP contribution in [-0.2, 0) is 29.1 Å². The second-order valence-electron chi connectivity index (χ2n) is 8.64. The second kappa shape index (κ2) is 12.0. The van der Waals surface area contributed by atoms with E-state index in [1.165, 1.54) is 0 Å². The van der Waals surface area contributed by atoms with Crippen molar-refractivity contribution in [3.8, 4) is 0 Å². The topological polar surface area (TPSA) is 80.3 Å². The Morgan fingerprint density at radius 1 is 0.739 bits per heavy atom. The van der Waals surface area contributed by atoms with E-state index in [4.69, 9.17) is 0 Å². The van der Waals surface area contributed by atoms with Crippen molar-refractivity contribution < 1.29 is 39.3 Å². The summed E-state index contributed by atoms with van der Waals surface area (Å²) in [5, 5.41) is 20.6. The van der Waals surface area contributed by atoms with E-state index in [0.717, 1.165) is 12.8 Å². The van der Waals surface area contributed by atoms with Gasteiger partial charge in [-0.25, -0.2) is 0 Å². The van der Waals surface area contributed by atoms with Gasteiger partial charge in [0, 0.05) is 11.9 Å². The maximum atomic E-state index is 10.3. The van der Waals surface area contributed by atoms with Gasteiger partial charge < -0.3 is 19.8 Å². The van der Waals surface area contributed by atoms with Crippen molar-refractivity contribution in [2.75, 3.05) is 0 Å². The molecule has 2 atom stereocenters. The molecule has 0 rings (SSSR count). The van der Waals surface area contributed by atoms with Gasteiger partial charge in [-0.3, -0.25) is 0 Å². The Bertz CT molecular complexity index is 306. The molecular weight excluding hydrogens is 346 g/mol. The third kappa shape index (κ3) is 21.6. The molecule has 0 heterocycles. The molecule has 0 aromatic heterocycles. The Kier molecular flexibility index (Phi) is 14.3. The van der Waals surface area contributed by atoms with E-state index in [2.05, 4.69) is 41.5 Å². The normalized spacial score (nSPS) is 13.9. The summed E-state index contributed by atoms with van der Waals surface area (Å²) in [7, 11) is 0. The molecule has 0 spiro atoms. The van der Waals surface area contributed by atoms with Gasteiger partial charge in [-0.05, 0) is 48.3 Å². The molecule has 0 radical (unpaired) electrons. The van der Waals surface area contributed by atoms with Crippen LogP contribution in [0.4, 0.5) is 0 Å². The van der Waals surface area contributed by atoms with Crippen LogP contribution in [0.3, 0.4) is 0 Å². The molecule has 0 amide bonds. The molecule has 0 N–H and O–H groups in total. The molecule has 0 aliphatic carbocycles. The Morgan fingerprint density at radius 2 is 0.957 bits per heavy atom. The molecule has 0 aliphatic heterocycles. The van der Waals surface area contributed by atoms with Crippen molar-refractivity contribution in [3.05, 3.63) is 0 Å². The molecule has 4 nitrogen and oxygen atoms in total. The van der Waals surface area contributed by atoms with Crippen LogP contribution in [0.2, 0.25) is 0 Å². The first-order chi connectivity index (χ1) is 9.65. The summed E-state index contributed by atoms with van der Waals surface area (Å²) in [6.07, 6.45) is 3.29. The molecule has 2 unspecified atom stereocenters. The van der Waals surface area contributed by atoms with E-state index >= 15 is 0 Å². The fourth-order valence-electron chi connectivity index (χ4n) is 1.53. The van der Waals surface area contributed by atoms with Crippen molar-refractivity contribution in [3.63, 3.8) is 0 Å². The number of hydrogen-bond acceptors (Lipinski definition) is 4. The molecule has 0 saturated heterocycles. The van der Waals surface area contributed by atoms with Gasteiger partial charge in [0.25, 0.3) is 0 Å². The first-order valence-electron chi connectivity index (χ1n) is 8.07. The van der Waals surface area contributed by atoms with Crippen LogP contribution in [0.1, 0.15) is 81.1 Å². The Morgan fingerprint density at radius 3 is 1.09 bits per heavy atom. The van der Waals surface area contributed by atoms with Crippen molar-refractivity contribution in [1.82, 2.24) is 0 Å². The third-order valence-corrected chi connectivity index (χ3v) is 3.46. The molecule has 0 saturated carbocycles. The molecule has 0 aromatic carbocycles. The van der Waals surface area contributed by atoms with Crippen LogP contribution in [-0.4, -0.2) is 11.9 Å². The van der Waals surface area contributed by atoms with Gasteiger partial charge in [0.2, 0.25) is 0 Å². The average molecular weight is 380 g/mol. The van der Waals surface area contributed by atoms with Crippen molar-refractivity contribution in [2.45, 2.75) is 81.1 Å². The SMILES string of the molecule is CC(CCC(C)(C)C)C(=O)[O-].CC(CCC(C)(C)C)C(=O)[O-].[Zn+2]. The summed E-state index contributed by atoms with van der Waals surface area (Å²) in [6.45, 7) is 16.0. The zero-order valence-electron chi connectivity index (χ0n) is 16.3. The van der Waals surface area contributed by atoms with E-state index in [-0.39, 0.29) is 42.1 Å². The summed E-state index contributed by atoms with van der Waals surface area (Å²) in [5.74, 6) is -2.49. The molecule has 132 valence electrons. The minimum Gasteiger partial charge on any atom is -0.550 e. The van der Waals surface area contributed by atoms with E-state index in [0.29, 0.717) is 12.8 Å². The van der Waals surface area contributed by atoms with Crippen molar-refractivity contribution in [2.24, 2.45) is 22.7 Å². The van der Waals surface area contributed by atoms with Gasteiger partial charge in [-0.1, -0.05) is 55.4 Å². The van der Waals surface area contributed by atoms with Crippen molar-refractivity contribution >= 4 is 11.9 Å². The van der Waals surface area contributed by atoms with Gasteiger partial charge >= 0.3 is 19.5 Å². The fourth-order valence-corrected chi connectivity index (χ4v) is 1.53. The first-order valence-corrected chi connectivity index (χ1v) is 8.07. The molecule has 5 heteroatoms. The largest absolute Gasteiger partial charge is 2.00 e. The molecule has 23 heavy (non-hydrogen) atoms. The van der Waals surface area contributed by atoms with Crippen molar-refractivity contribution in [1.29, 1.82) is 0 Å². The maximum absolute atomic E-state index is 10.3. The molecule has 0 aliphatic rings. The van der Waals surface area contributed by atoms with E-state index in [1.807, 2.05) is 0 Å². The summed E-state index contributed by atoms with van der Waals surface area (Å²) < 4.78 is 0. The maximum Gasteiger partial charge on any atom is 2.00 e. The zero-order valence-corrected chi connectivity index (χ0v) is 19.3. The van der Waals surface area contributed by atoms with E-state index in [9.17, 15) is 19.8 Å². The van der Waals surface area contributed by atoms with Crippen LogP contribution >= 0.6 is 0 Å². The van der Waals surface area contributed by atoms with Crippen LogP contribution in [0, 0.1) is 22.7 Å². The van der Waals surface area contributed by atoms with Gasteiger partial charge in [0.1, 0.15) is 0 Å². The number of carboxylic acid groups (broad SMARTS) is 2. The van der Waals surface area contributed by atoms with Crippen LogP contribution in [0.5, 0.6) is 0 Å². The summed E-state index contributed by atoms with van der Waals surface area (Å²) in [6, 6.07) is 0. The van der Waals surface area contributed by atoms with Gasteiger partial charge in [0.15, 0.2) is 0 Å². The van der Waals surface area contributed by atoms with E-state index < -0.39 is 11.9 Å².